The predicted octanol–water partition coefficient (Wildman–Crippen LogP) is 3.01. The Labute approximate surface area is 312 Å². The first-order valence-electron chi connectivity index (χ1n) is 16.7. The van der Waals surface area contributed by atoms with Gasteiger partial charge in [0, 0.05) is 54.0 Å². The van der Waals surface area contributed by atoms with E-state index in [0.717, 1.165) is 59.3 Å². The first-order valence-corrected chi connectivity index (χ1v) is 18.9. The molecule has 0 radical (unpaired) electrons. The topological polar surface area (TPSA) is 194 Å². The Hall–Kier alpha value is -4.77. The molecular formula is C35H37ClN9O5S2+. The fourth-order valence-electron chi connectivity index (χ4n) is 6.83. The quantitative estimate of drug-likeness (QED) is 0.0548. The molecule has 4 aromatic rings. The number of pyridine rings is 1. The highest BCUT2D eigenvalue weighted by atomic mass is 35.5. The van der Waals surface area contributed by atoms with E-state index in [-0.39, 0.29) is 45.6 Å². The van der Waals surface area contributed by atoms with E-state index in [1.165, 1.54) is 23.8 Å². The molecule has 0 bridgehead atoms. The summed E-state index contributed by atoms with van der Waals surface area (Å²) in [6.45, 7) is 2.77. The number of carboxylic acid groups (broad SMARTS) is 1. The molecule has 1 amide bonds. The van der Waals surface area contributed by atoms with Crippen molar-refractivity contribution in [3.8, 4) is 0 Å². The molecule has 17 heteroatoms. The molecule has 6 N–H and O–H groups in total. The van der Waals surface area contributed by atoms with E-state index in [4.69, 9.17) is 32.9 Å². The summed E-state index contributed by atoms with van der Waals surface area (Å²) in [6.07, 6.45) is 7.84. The van der Waals surface area contributed by atoms with Crippen molar-refractivity contribution < 1.29 is 28.9 Å². The van der Waals surface area contributed by atoms with E-state index in [0.29, 0.717) is 23.7 Å². The minimum Gasteiger partial charge on any atom is -0.477 e. The third kappa shape index (κ3) is 7.15. The van der Waals surface area contributed by atoms with E-state index < -0.39 is 29.0 Å². The van der Waals surface area contributed by atoms with E-state index in [9.17, 15) is 19.5 Å². The monoisotopic (exact) mass is 762 g/mol. The average molecular weight is 763 g/mol. The van der Waals surface area contributed by atoms with Gasteiger partial charge in [-0.2, -0.15) is 4.57 Å². The minimum atomic E-state index is -1.20. The molecule has 2 saturated heterocycles. The van der Waals surface area contributed by atoms with Crippen molar-refractivity contribution in [2.75, 3.05) is 31.7 Å². The van der Waals surface area contributed by atoms with Crippen LogP contribution in [0.3, 0.4) is 0 Å². The lowest BCUT2D eigenvalue weighted by atomic mass is 9.89. The number of halogens is 1. The number of aromatic nitrogens is 3. The maximum Gasteiger partial charge on any atom is 0.352 e. The lowest BCUT2D eigenvalue weighted by Crippen LogP contribution is -2.62. The molecule has 0 aliphatic carbocycles. The Morgan fingerprint density at radius 3 is 2.73 bits per heavy atom. The number of fused-ring (bicyclic) bond motifs is 2. The summed E-state index contributed by atoms with van der Waals surface area (Å²) in [5, 5.41) is 18.1. The Morgan fingerprint density at radius 1 is 1.23 bits per heavy atom. The predicted molar refractivity (Wildman–Crippen MR) is 200 cm³/mol. The highest BCUT2D eigenvalue weighted by Crippen LogP contribution is 2.45. The fourth-order valence-corrected chi connectivity index (χ4v) is 9.16. The lowest BCUT2D eigenvalue weighted by molar-refractivity contribution is -0.687. The summed E-state index contributed by atoms with van der Waals surface area (Å²) in [7, 11) is 1.28. The number of hydrogen-bond donors (Lipinski definition) is 4. The molecule has 270 valence electrons. The number of thioether (sulfide) groups is 1. The number of β-lactam (4-membered cyclic amide) rings is 1. The number of oxime groups is 1. The number of rotatable bonds is 12. The van der Waals surface area contributed by atoms with Crippen LogP contribution in [-0.4, -0.2) is 86.1 Å². The molecule has 1 unspecified atom stereocenters. The van der Waals surface area contributed by atoms with Crippen LogP contribution in [0.5, 0.6) is 0 Å². The van der Waals surface area contributed by atoms with Gasteiger partial charge in [-0.3, -0.25) is 19.5 Å². The molecule has 2 fully saturated rings. The Kier molecular flexibility index (Phi) is 10.3. The van der Waals surface area contributed by atoms with E-state index >= 15 is 0 Å². The molecule has 3 aromatic heterocycles. The van der Waals surface area contributed by atoms with Gasteiger partial charge in [-0.15, -0.1) is 11.8 Å². The van der Waals surface area contributed by atoms with Gasteiger partial charge in [0.15, 0.2) is 35.6 Å². The maximum absolute atomic E-state index is 13.4. The molecule has 3 aliphatic heterocycles. The lowest BCUT2D eigenvalue weighted by Gasteiger charge is -2.49. The van der Waals surface area contributed by atoms with Gasteiger partial charge in [0.2, 0.25) is 5.91 Å². The Morgan fingerprint density at radius 2 is 2.04 bits per heavy atom. The summed E-state index contributed by atoms with van der Waals surface area (Å²) in [5.74, 6) is -1.97. The number of carbonyl (C=O) groups excluding carboxylic acids is 2. The second-order valence-corrected chi connectivity index (χ2v) is 15.5. The van der Waals surface area contributed by atoms with Crippen molar-refractivity contribution in [2.24, 2.45) is 21.8 Å². The van der Waals surface area contributed by atoms with Crippen molar-refractivity contribution in [3.63, 3.8) is 0 Å². The van der Waals surface area contributed by atoms with Gasteiger partial charge in [-0.25, -0.2) is 9.78 Å². The summed E-state index contributed by atoms with van der Waals surface area (Å²) in [6, 6.07) is 12.3. The minimum absolute atomic E-state index is 0.0517. The molecule has 0 spiro atoms. The molecule has 7 rings (SSSR count). The zero-order chi connectivity index (χ0) is 36.5. The normalized spacial score (nSPS) is 20.9. The molecule has 6 heterocycles. The van der Waals surface area contributed by atoms with Gasteiger partial charge in [0.05, 0.1) is 17.3 Å². The number of aliphatic imine (C=N–C) groups is 1. The largest absolute Gasteiger partial charge is 0.477 e. The number of nitrogens with zero attached hydrogens (tertiary/aromatic N) is 6. The number of ketones is 1. The van der Waals surface area contributed by atoms with Crippen LogP contribution < -0.4 is 21.4 Å². The first-order chi connectivity index (χ1) is 25.1. The number of amidine groups is 1. The third-order valence-electron chi connectivity index (χ3n) is 9.38. The number of nitrogens with one attached hydrogen (secondary N) is 1. The third-order valence-corrected chi connectivity index (χ3v) is 11.9. The number of anilines is 1. The van der Waals surface area contributed by atoms with Crippen molar-refractivity contribution in [1.29, 1.82) is 0 Å². The summed E-state index contributed by atoms with van der Waals surface area (Å²) < 4.78 is 4.24. The highest BCUT2D eigenvalue weighted by Gasteiger charge is 2.54. The molecule has 0 saturated carbocycles. The molecule has 14 nitrogen and oxygen atoms in total. The molecular weight excluding hydrogens is 726 g/mol. The van der Waals surface area contributed by atoms with E-state index in [1.807, 2.05) is 47.4 Å². The number of aliphatic carboxylic acids is 1. The second kappa shape index (κ2) is 15.1. The number of amides is 1. The average Bonchev–Trinajstić information content (AvgIpc) is 3.70. The van der Waals surface area contributed by atoms with Gasteiger partial charge in [-0.05, 0) is 31.0 Å². The van der Waals surface area contributed by atoms with Crippen molar-refractivity contribution >= 4 is 79.9 Å². The number of piperidine rings is 1. The molecule has 52 heavy (non-hydrogen) atoms. The number of carbonyl (C=O) groups is 3. The summed E-state index contributed by atoms with van der Waals surface area (Å²) in [5.41, 5.74) is 15.5. The number of benzene rings is 1. The number of carboxylic acids is 1. The number of nitrogens with two attached hydrogens (primary N) is 2. The number of hydrogen-bond acceptors (Lipinski definition) is 11. The van der Waals surface area contributed by atoms with E-state index in [1.54, 1.807) is 0 Å². The van der Waals surface area contributed by atoms with Crippen LogP contribution >= 0.6 is 34.7 Å². The van der Waals surface area contributed by atoms with Gasteiger partial charge < -0.3 is 31.3 Å². The number of nitrogen functional groups attached to an aromatic ring is 1. The first kappa shape index (κ1) is 35.6. The SMILES string of the molecule is CO/N=C(\C(=O)C[C@@H]1C(=O)N2C(C(=O)O)=C(C[n+]3ccc4ccn(Cc5ccc(C(N)=NC6CCCNC6)cc5)c4c3)CS[C@H]12)c1nc(N)sc1Cl. The Balaban J connectivity index is 1.05. The zero-order valence-corrected chi connectivity index (χ0v) is 30.6. The Bertz CT molecular complexity index is 2140. The second-order valence-electron chi connectivity index (χ2n) is 12.8. The maximum atomic E-state index is 13.4. The smallest absolute Gasteiger partial charge is 0.352 e. The number of Topliss-reactive ketones (excluding diaryl/α,β-unsaturated/α-hetero) is 1. The van der Waals surface area contributed by atoms with Crippen LogP contribution in [0.2, 0.25) is 4.34 Å². The van der Waals surface area contributed by atoms with Crippen molar-refractivity contribution in [1.82, 2.24) is 19.8 Å². The van der Waals surface area contributed by atoms with Crippen LogP contribution in [0.4, 0.5) is 5.13 Å². The van der Waals surface area contributed by atoms with Crippen molar-refractivity contribution in [3.05, 3.63) is 87.4 Å². The van der Waals surface area contributed by atoms with Crippen LogP contribution in [-0.2, 0) is 32.3 Å². The molecule has 3 aliphatic rings. The fraction of sp³-hybridized carbons (Fsp3) is 0.343. The van der Waals surface area contributed by atoms with Gasteiger partial charge in [-0.1, -0.05) is 52.4 Å². The van der Waals surface area contributed by atoms with Crippen LogP contribution in [0.25, 0.3) is 10.9 Å². The van der Waals surface area contributed by atoms with Gasteiger partial charge in [0.1, 0.15) is 34.2 Å². The van der Waals surface area contributed by atoms with Gasteiger partial charge in [0.25, 0.3) is 0 Å². The number of thiazole rings is 1. The molecule has 3 atom stereocenters. The standard InChI is InChI=1S/C35H36ClN9O5S2/c1-50-42-27(28-30(36)52-35(38)41-28)26(46)13-24-32(47)45-29(34(48)49)22(18-51-33(24)45)16-43-11-8-20-9-12-44(25(20)17-43)15-19-4-6-21(7-5-19)31(37)40-23-3-2-10-39-14-23/h4-9,11-12,17,23-24,33,39H,2-3,10,13-16,18H2,1H3,(H4-,37,38,40,41,48,49)/p+1/b42-27+/t23?,24-,33-/m1/s1. The van der Waals surface area contributed by atoms with E-state index in [2.05, 4.69) is 32.2 Å². The van der Waals surface area contributed by atoms with Gasteiger partial charge >= 0.3 is 5.97 Å². The highest BCUT2D eigenvalue weighted by molar-refractivity contribution is 8.00. The molecule has 1 aromatic carbocycles. The van der Waals surface area contributed by atoms with Crippen LogP contribution in [0.1, 0.15) is 36.1 Å². The van der Waals surface area contributed by atoms with Crippen molar-refractivity contribution in [2.45, 2.75) is 43.8 Å². The zero-order valence-electron chi connectivity index (χ0n) is 28.2. The summed E-state index contributed by atoms with van der Waals surface area (Å²) in [4.78, 5) is 54.3. The van der Waals surface area contributed by atoms with Crippen LogP contribution in [0, 0.1) is 5.92 Å². The summed E-state index contributed by atoms with van der Waals surface area (Å²) >= 11 is 8.63. The van der Waals surface area contributed by atoms with Crippen LogP contribution in [0.15, 0.2) is 76.4 Å².